The summed E-state index contributed by atoms with van der Waals surface area (Å²) in [6.07, 6.45) is 4.73. The zero-order chi connectivity index (χ0) is 17.2. The van der Waals surface area contributed by atoms with Crippen molar-refractivity contribution in [1.29, 1.82) is 0 Å². The van der Waals surface area contributed by atoms with E-state index >= 15 is 0 Å². The first-order valence-electron chi connectivity index (χ1n) is 8.69. The van der Waals surface area contributed by atoms with E-state index in [9.17, 15) is 0 Å². The lowest BCUT2D eigenvalue weighted by Gasteiger charge is -2.09. The first kappa shape index (κ1) is 23.2. The largest absolute Gasteiger partial charge is 0.457 e. The predicted molar refractivity (Wildman–Crippen MR) is 99.4 cm³/mol. The van der Waals surface area contributed by atoms with Crippen molar-refractivity contribution in [2.24, 2.45) is 0 Å². The first-order valence-corrected chi connectivity index (χ1v) is 10.9. The maximum absolute atomic E-state index is 5.71. The molecule has 0 N–H and O–H groups in total. The maximum Gasteiger partial charge on any atom is 0.214 e. The highest BCUT2D eigenvalue weighted by Gasteiger charge is 1.97. The minimum absolute atomic E-state index is 0.661. The molecule has 0 amide bonds. The Morgan fingerprint density at radius 1 is 0.609 bits per heavy atom. The summed E-state index contributed by atoms with van der Waals surface area (Å²) in [7, 11) is 9.60. The number of rotatable bonds is 18. The third kappa shape index (κ3) is 22.2. The fraction of sp³-hybridized carbons (Fsp3) is 1.00. The molecule has 0 rings (SSSR count). The van der Waals surface area contributed by atoms with Gasteiger partial charge in [0.2, 0.25) is 19.5 Å². The molecule has 0 aliphatic heterocycles. The molecular weight excluding hydrogens is 324 g/mol. The SMILES string of the molecule is CN(C)CCOCCCC[Si]O[Si]CCCCOCCN(C)C. The second kappa shape index (κ2) is 18.6. The van der Waals surface area contributed by atoms with E-state index in [-0.39, 0.29) is 0 Å². The van der Waals surface area contributed by atoms with Crippen LogP contribution in [0.4, 0.5) is 0 Å². The number of hydrogen-bond acceptors (Lipinski definition) is 5. The van der Waals surface area contributed by atoms with Gasteiger partial charge in [0, 0.05) is 26.3 Å². The van der Waals surface area contributed by atoms with Gasteiger partial charge >= 0.3 is 0 Å². The van der Waals surface area contributed by atoms with Crippen LogP contribution in [0.1, 0.15) is 25.7 Å². The van der Waals surface area contributed by atoms with Gasteiger partial charge in [-0.3, -0.25) is 0 Å². The summed E-state index contributed by atoms with van der Waals surface area (Å²) in [5, 5.41) is 0. The first-order chi connectivity index (χ1) is 11.1. The molecule has 4 radical (unpaired) electrons. The lowest BCUT2D eigenvalue weighted by atomic mass is 10.4. The van der Waals surface area contributed by atoms with Gasteiger partial charge < -0.3 is 23.4 Å². The van der Waals surface area contributed by atoms with E-state index < -0.39 is 0 Å². The summed E-state index contributed by atoms with van der Waals surface area (Å²) in [5.74, 6) is 0. The second-order valence-corrected chi connectivity index (χ2v) is 8.53. The van der Waals surface area contributed by atoms with Crippen LogP contribution in [0.5, 0.6) is 0 Å². The van der Waals surface area contributed by atoms with E-state index in [1.807, 2.05) is 0 Å². The topological polar surface area (TPSA) is 34.2 Å². The molecule has 0 atom stereocenters. The second-order valence-electron chi connectivity index (χ2n) is 6.14. The van der Waals surface area contributed by atoms with Crippen molar-refractivity contribution in [2.45, 2.75) is 37.8 Å². The van der Waals surface area contributed by atoms with E-state index in [2.05, 4.69) is 38.0 Å². The van der Waals surface area contributed by atoms with Gasteiger partial charge in [0.1, 0.15) is 0 Å². The normalized spacial score (nSPS) is 11.7. The Hall–Kier alpha value is 0.234. The van der Waals surface area contributed by atoms with Crippen LogP contribution >= 0.6 is 0 Å². The molecule has 0 spiro atoms. The fourth-order valence-electron chi connectivity index (χ4n) is 1.65. The van der Waals surface area contributed by atoms with Crippen molar-refractivity contribution in [3.8, 4) is 0 Å². The van der Waals surface area contributed by atoms with Crippen molar-refractivity contribution >= 4 is 19.5 Å². The zero-order valence-electron chi connectivity index (χ0n) is 15.6. The minimum Gasteiger partial charge on any atom is -0.457 e. The quantitative estimate of drug-likeness (QED) is 0.275. The molecule has 0 heterocycles. The number of ether oxygens (including phenoxy) is 2. The summed E-state index contributed by atoms with van der Waals surface area (Å²) < 4.78 is 16.8. The Morgan fingerprint density at radius 2 is 1.04 bits per heavy atom. The van der Waals surface area contributed by atoms with Gasteiger partial charge in [-0.05, 0) is 53.1 Å². The molecule has 136 valence electrons. The van der Waals surface area contributed by atoms with Gasteiger partial charge in [-0.2, -0.15) is 0 Å². The summed E-state index contributed by atoms with van der Waals surface area (Å²) >= 11 is 0. The molecule has 5 nitrogen and oxygen atoms in total. The monoisotopic (exact) mass is 360 g/mol. The van der Waals surface area contributed by atoms with Gasteiger partial charge in [-0.25, -0.2) is 0 Å². The lowest BCUT2D eigenvalue weighted by molar-refractivity contribution is 0.115. The molecule has 0 bridgehead atoms. The number of unbranched alkanes of at least 4 members (excludes halogenated alkanes) is 2. The van der Waals surface area contributed by atoms with Crippen molar-refractivity contribution in [3.05, 3.63) is 0 Å². The molecule has 0 aromatic carbocycles. The predicted octanol–water partition coefficient (Wildman–Crippen LogP) is 1.79. The van der Waals surface area contributed by atoms with Crippen LogP contribution in [0.25, 0.3) is 0 Å². The Kier molecular flexibility index (Phi) is 18.8. The van der Waals surface area contributed by atoms with E-state index in [0.717, 1.165) is 52.4 Å². The van der Waals surface area contributed by atoms with E-state index in [1.165, 1.54) is 24.9 Å². The number of hydrogen-bond donors (Lipinski definition) is 0. The maximum atomic E-state index is 5.71. The average molecular weight is 361 g/mol. The van der Waals surface area contributed by atoms with Gasteiger partial charge in [-0.1, -0.05) is 12.8 Å². The third-order valence-electron chi connectivity index (χ3n) is 3.15. The summed E-state index contributed by atoms with van der Waals surface area (Å²) in [5.41, 5.74) is 0. The minimum atomic E-state index is 0.661. The van der Waals surface area contributed by atoms with Crippen molar-refractivity contribution in [1.82, 2.24) is 9.80 Å². The molecule has 0 aromatic heterocycles. The molecule has 0 aliphatic rings. The van der Waals surface area contributed by atoms with Gasteiger partial charge in [0.15, 0.2) is 0 Å². The van der Waals surface area contributed by atoms with E-state index in [4.69, 9.17) is 13.6 Å². The molecule has 0 saturated carbocycles. The molecule has 23 heavy (non-hydrogen) atoms. The molecule has 7 heteroatoms. The highest BCUT2D eigenvalue weighted by atomic mass is 28.3. The molecule has 0 aliphatic carbocycles. The Morgan fingerprint density at radius 3 is 1.43 bits per heavy atom. The Bertz CT molecular complexity index is 213. The smallest absolute Gasteiger partial charge is 0.214 e. The van der Waals surface area contributed by atoms with Crippen LogP contribution < -0.4 is 0 Å². The molecule has 0 saturated heterocycles. The number of likely N-dealkylation sites (N-methyl/N-ethyl adjacent to an activating group) is 2. The van der Waals surface area contributed by atoms with Crippen LogP contribution in [0.3, 0.4) is 0 Å². The third-order valence-corrected chi connectivity index (χ3v) is 5.42. The Labute approximate surface area is 148 Å². The summed E-state index contributed by atoms with van der Waals surface area (Å²) in [6, 6.07) is 2.36. The van der Waals surface area contributed by atoms with E-state index in [0.29, 0.717) is 19.5 Å². The summed E-state index contributed by atoms with van der Waals surface area (Å²) in [4.78, 5) is 4.29. The van der Waals surface area contributed by atoms with Crippen LogP contribution in [-0.4, -0.2) is 97.0 Å². The van der Waals surface area contributed by atoms with Crippen molar-refractivity contribution in [2.75, 3.05) is 67.7 Å². The molecule has 0 unspecified atom stereocenters. The van der Waals surface area contributed by atoms with Crippen LogP contribution in [-0.2, 0) is 13.6 Å². The standard InChI is InChI=1S/C16H36N2O3Si2/c1-17(2)9-13-19-11-5-7-15-22-21-23-16-8-6-12-20-14-10-18(3)4/h5-16H2,1-4H3. The summed E-state index contributed by atoms with van der Waals surface area (Å²) in [6.45, 7) is 5.46. The van der Waals surface area contributed by atoms with Crippen LogP contribution in [0, 0.1) is 0 Å². The van der Waals surface area contributed by atoms with Crippen LogP contribution in [0.15, 0.2) is 0 Å². The van der Waals surface area contributed by atoms with Gasteiger partial charge in [0.25, 0.3) is 0 Å². The fourth-order valence-corrected chi connectivity index (χ4v) is 3.67. The molecule has 0 fully saturated rings. The Balaban J connectivity index is 2.97. The zero-order valence-corrected chi connectivity index (χ0v) is 17.6. The highest BCUT2D eigenvalue weighted by Crippen LogP contribution is 1.99. The van der Waals surface area contributed by atoms with Crippen molar-refractivity contribution in [3.63, 3.8) is 0 Å². The molecular formula is C16H36N2O3Si2. The average Bonchev–Trinajstić information content (AvgIpc) is 2.49. The van der Waals surface area contributed by atoms with E-state index in [1.54, 1.807) is 0 Å². The van der Waals surface area contributed by atoms with Gasteiger partial charge in [-0.15, -0.1) is 0 Å². The van der Waals surface area contributed by atoms with Crippen LogP contribution in [0.2, 0.25) is 12.1 Å². The highest BCUT2D eigenvalue weighted by molar-refractivity contribution is 6.42. The molecule has 0 aromatic rings. The lowest BCUT2D eigenvalue weighted by Crippen LogP contribution is -2.18. The number of nitrogens with zero attached hydrogens (tertiary/aromatic N) is 2. The van der Waals surface area contributed by atoms with Crippen molar-refractivity contribution < 1.29 is 13.6 Å². The van der Waals surface area contributed by atoms with Gasteiger partial charge in [0.05, 0.1) is 13.2 Å².